The first-order valence-electron chi connectivity index (χ1n) is 7.34. The van der Waals surface area contributed by atoms with Gasteiger partial charge in [0.05, 0.1) is 17.4 Å². The van der Waals surface area contributed by atoms with E-state index in [1.807, 2.05) is 0 Å². The summed E-state index contributed by atoms with van der Waals surface area (Å²) in [6.07, 6.45) is 7.76. The summed E-state index contributed by atoms with van der Waals surface area (Å²) in [5, 5.41) is 15.2. The number of nitrogens with one attached hydrogen (secondary N) is 2. The van der Waals surface area contributed by atoms with Crippen LogP contribution in [0.2, 0.25) is 0 Å². The Kier molecular flexibility index (Phi) is 3.88. The van der Waals surface area contributed by atoms with Crippen molar-refractivity contribution in [3.8, 4) is 0 Å². The number of carboxylic acids is 1. The van der Waals surface area contributed by atoms with Crippen LogP contribution in [-0.4, -0.2) is 34.1 Å². The molecule has 1 amide bonds. The molecule has 2 aliphatic heterocycles. The first kappa shape index (κ1) is 14.0. The number of hydrogen-bond acceptors (Lipinski definition) is 4. The standard InChI is InChI=1S/C15H19N3O3/c19-14(5-9-3-11-1-2-12(4-9)17-11)18-13-6-10(15(20)21)7-16-8-13/h6-9,11-12,17H,1-5H2,(H,18,19)(H,20,21). The Bertz CT molecular complexity index is 549. The predicted molar refractivity (Wildman–Crippen MR) is 77.1 cm³/mol. The Morgan fingerprint density at radius 2 is 2.00 bits per heavy atom. The van der Waals surface area contributed by atoms with Crippen LogP contribution in [0, 0.1) is 5.92 Å². The van der Waals surface area contributed by atoms with Gasteiger partial charge in [0.1, 0.15) is 0 Å². The molecule has 2 bridgehead atoms. The minimum atomic E-state index is -1.05. The van der Waals surface area contributed by atoms with Crippen molar-refractivity contribution in [3.05, 3.63) is 24.0 Å². The highest BCUT2D eigenvalue weighted by molar-refractivity contribution is 5.93. The number of nitrogens with zero attached hydrogens (tertiary/aromatic N) is 1. The Balaban J connectivity index is 1.56. The number of anilines is 1. The predicted octanol–water partition coefficient (Wildman–Crippen LogP) is 1.64. The van der Waals surface area contributed by atoms with Crippen LogP contribution in [0.15, 0.2) is 18.5 Å². The first-order valence-corrected chi connectivity index (χ1v) is 7.34. The molecule has 2 atom stereocenters. The van der Waals surface area contributed by atoms with Crippen LogP contribution in [0.5, 0.6) is 0 Å². The van der Waals surface area contributed by atoms with Crippen molar-refractivity contribution in [2.75, 3.05) is 5.32 Å². The smallest absolute Gasteiger partial charge is 0.337 e. The maximum Gasteiger partial charge on any atom is 0.337 e. The van der Waals surface area contributed by atoms with Crippen molar-refractivity contribution in [2.24, 2.45) is 5.92 Å². The van der Waals surface area contributed by atoms with Gasteiger partial charge >= 0.3 is 5.97 Å². The molecule has 2 aliphatic rings. The Labute approximate surface area is 123 Å². The third-order valence-corrected chi connectivity index (χ3v) is 4.31. The Morgan fingerprint density at radius 3 is 2.67 bits per heavy atom. The summed E-state index contributed by atoms with van der Waals surface area (Å²) in [6, 6.07) is 2.57. The third-order valence-electron chi connectivity index (χ3n) is 4.31. The van der Waals surface area contributed by atoms with E-state index >= 15 is 0 Å². The molecule has 21 heavy (non-hydrogen) atoms. The second kappa shape index (κ2) is 5.81. The van der Waals surface area contributed by atoms with Crippen molar-refractivity contribution >= 4 is 17.6 Å². The molecule has 0 spiro atoms. The van der Waals surface area contributed by atoms with Crippen LogP contribution in [0.1, 0.15) is 42.5 Å². The molecular formula is C15H19N3O3. The maximum atomic E-state index is 12.1. The van der Waals surface area contributed by atoms with Crippen molar-refractivity contribution in [2.45, 2.75) is 44.2 Å². The molecule has 0 aromatic carbocycles. The van der Waals surface area contributed by atoms with Crippen LogP contribution in [0.3, 0.4) is 0 Å². The fraction of sp³-hybridized carbons (Fsp3) is 0.533. The molecule has 6 nitrogen and oxygen atoms in total. The lowest BCUT2D eigenvalue weighted by atomic mass is 9.89. The summed E-state index contributed by atoms with van der Waals surface area (Å²) in [7, 11) is 0. The van der Waals surface area contributed by atoms with Crippen molar-refractivity contribution < 1.29 is 14.7 Å². The Hall–Kier alpha value is -1.95. The van der Waals surface area contributed by atoms with E-state index in [4.69, 9.17) is 5.11 Å². The molecule has 0 radical (unpaired) electrons. The van der Waals surface area contributed by atoms with Gasteiger partial charge in [-0.2, -0.15) is 0 Å². The Morgan fingerprint density at radius 1 is 1.29 bits per heavy atom. The van der Waals surface area contributed by atoms with Gasteiger partial charge in [-0.15, -0.1) is 0 Å². The summed E-state index contributed by atoms with van der Waals surface area (Å²) in [5.41, 5.74) is 0.518. The quantitative estimate of drug-likeness (QED) is 0.783. The number of carbonyl (C=O) groups excluding carboxylic acids is 1. The number of aromatic carboxylic acids is 1. The largest absolute Gasteiger partial charge is 0.478 e. The van der Waals surface area contributed by atoms with E-state index in [9.17, 15) is 9.59 Å². The summed E-state index contributed by atoms with van der Waals surface area (Å²) < 4.78 is 0. The minimum absolute atomic E-state index is 0.0642. The molecule has 0 saturated carbocycles. The van der Waals surface area contributed by atoms with Crippen LogP contribution < -0.4 is 10.6 Å². The van der Waals surface area contributed by atoms with Gasteiger partial charge in [-0.05, 0) is 37.7 Å². The monoisotopic (exact) mass is 289 g/mol. The van der Waals surface area contributed by atoms with E-state index in [1.54, 1.807) is 0 Å². The lowest BCUT2D eigenvalue weighted by Gasteiger charge is -2.28. The number of carboxylic acid groups (broad SMARTS) is 1. The first-order chi connectivity index (χ1) is 10.1. The molecule has 6 heteroatoms. The SMILES string of the molecule is O=C(CC1CC2CCC(C1)N2)Nc1cncc(C(=O)O)c1. The summed E-state index contributed by atoms with van der Waals surface area (Å²) in [4.78, 5) is 26.8. The molecule has 1 aromatic rings. The second-order valence-electron chi connectivity index (χ2n) is 6.00. The maximum absolute atomic E-state index is 12.1. The number of aromatic nitrogens is 1. The summed E-state index contributed by atoms with van der Waals surface area (Å²) in [5.74, 6) is -0.696. The molecule has 2 saturated heterocycles. The molecule has 2 unspecified atom stereocenters. The van der Waals surface area contributed by atoms with E-state index in [2.05, 4.69) is 15.6 Å². The second-order valence-corrected chi connectivity index (χ2v) is 6.00. The van der Waals surface area contributed by atoms with Crippen molar-refractivity contribution in [1.29, 1.82) is 0 Å². The number of rotatable bonds is 4. The lowest BCUT2D eigenvalue weighted by Crippen LogP contribution is -2.39. The van der Waals surface area contributed by atoms with Gasteiger partial charge in [-0.25, -0.2) is 4.79 Å². The number of carbonyl (C=O) groups is 2. The van der Waals surface area contributed by atoms with Gasteiger partial charge in [-0.1, -0.05) is 0 Å². The normalized spacial score (nSPS) is 27.3. The highest BCUT2D eigenvalue weighted by atomic mass is 16.4. The lowest BCUT2D eigenvalue weighted by molar-refractivity contribution is -0.117. The minimum Gasteiger partial charge on any atom is -0.478 e. The molecule has 3 rings (SSSR count). The van der Waals surface area contributed by atoms with Gasteiger partial charge in [0, 0.05) is 24.7 Å². The van der Waals surface area contributed by atoms with Gasteiger partial charge in [-0.3, -0.25) is 9.78 Å². The molecule has 1 aromatic heterocycles. The highest BCUT2D eigenvalue weighted by Gasteiger charge is 2.34. The molecule has 112 valence electrons. The van der Waals surface area contributed by atoms with Crippen LogP contribution in [0.4, 0.5) is 5.69 Å². The van der Waals surface area contributed by atoms with Crippen LogP contribution in [0.25, 0.3) is 0 Å². The molecule has 0 aliphatic carbocycles. The zero-order valence-corrected chi connectivity index (χ0v) is 11.7. The average molecular weight is 289 g/mol. The van der Waals surface area contributed by atoms with Gasteiger partial charge in [0.25, 0.3) is 0 Å². The van der Waals surface area contributed by atoms with E-state index in [1.165, 1.54) is 31.3 Å². The number of fused-ring (bicyclic) bond motifs is 2. The number of piperidine rings is 1. The number of amides is 1. The van der Waals surface area contributed by atoms with E-state index in [0.717, 1.165) is 12.8 Å². The van der Waals surface area contributed by atoms with E-state index in [-0.39, 0.29) is 11.5 Å². The highest BCUT2D eigenvalue weighted by Crippen LogP contribution is 2.32. The average Bonchev–Trinajstić information content (AvgIpc) is 2.78. The van der Waals surface area contributed by atoms with Gasteiger partial charge in [0.2, 0.25) is 5.91 Å². The zero-order chi connectivity index (χ0) is 14.8. The number of pyridine rings is 1. The number of hydrogen-bond donors (Lipinski definition) is 3. The molecular weight excluding hydrogens is 270 g/mol. The van der Waals surface area contributed by atoms with Crippen LogP contribution >= 0.6 is 0 Å². The van der Waals surface area contributed by atoms with Crippen LogP contribution in [-0.2, 0) is 4.79 Å². The molecule has 3 heterocycles. The zero-order valence-electron chi connectivity index (χ0n) is 11.7. The van der Waals surface area contributed by atoms with Crippen molar-refractivity contribution in [1.82, 2.24) is 10.3 Å². The molecule has 3 N–H and O–H groups in total. The summed E-state index contributed by atoms with van der Waals surface area (Å²) >= 11 is 0. The topological polar surface area (TPSA) is 91.3 Å². The van der Waals surface area contributed by atoms with E-state index in [0.29, 0.717) is 30.1 Å². The summed E-state index contributed by atoms with van der Waals surface area (Å²) in [6.45, 7) is 0. The van der Waals surface area contributed by atoms with Gasteiger partial charge < -0.3 is 15.7 Å². The van der Waals surface area contributed by atoms with E-state index < -0.39 is 5.97 Å². The fourth-order valence-corrected chi connectivity index (χ4v) is 3.44. The third kappa shape index (κ3) is 3.39. The fourth-order valence-electron chi connectivity index (χ4n) is 3.44. The van der Waals surface area contributed by atoms with Gasteiger partial charge in [0.15, 0.2) is 0 Å². The molecule has 2 fully saturated rings. The van der Waals surface area contributed by atoms with Crippen molar-refractivity contribution in [3.63, 3.8) is 0 Å².